The van der Waals surface area contributed by atoms with Crippen LogP contribution in [0.25, 0.3) is 0 Å². The van der Waals surface area contributed by atoms with Crippen LogP contribution in [0.2, 0.25) is 0 Å². The Kier molecular flexibility index (Phi) is 8.25. The van der Waals surface area contributed by atoms with Crippen LogP contribution >= 0.6 is 15.9 Å². The third-order valence-electron chi connectivity index (χ3n) is 2.29. The van der Waals surface area contributed by atoms with Crippen LogP contribution < -0.4 is 5.73 Å². The largest absolute Gasteiger partial charge is 0.496 e. The lowest BCUT2D eigenvalue weighted by Gasteiger charge is -2.05. The summed E-state index contributed by atoms with van der Waals surface area (Å²) < 4.78 is 5.64. The van der Waals surface area contributed by atoms with Crippen molar-refractivity contribution in [3.63, 3.8) is 0 Å². The third kappa shape index (κ3) is 6.18. The predicted octanol–water partition coefficient (Wildman–Crippen LogP) is 3.74. The summed E-state index contributed by atoms with van der Waals surface area (Å²) in [6.45, 7) is 5.78. The molecule has 0 bridgehead atoms. The van der Waals surface area contributed by atoms with Crippen molar-refractivity contribution < 1.29 is 4.74 Å². The number of nitrogens with zero attached hydrogens (tertiary/aromatic N) is 1. The van der Waals surface area contributed by atoms with Crippen LogP contribution in [0.3, 0.4) is 0 Å². The highest BCUT2D eigenvalue weighted by Gasteiger charge is 2.04. The molecule has 94 valence electrons. The number of hydrogen-bond donors (Lipinski definition) is 1. The molecule has 0 atom stereocenters. The van der Waals surface area contributed by atoms with E-state index < -0.39 is 0 Å². The molecule has 0 aliphatic rings. The maximum Gasteiger partial charge on any atom is 0.129 e. The van der Waals surface area contributed by atoms with Crippen molar-refractivity contribution in [1.82, 2.24) is 0 Å². The molecule has 2 N–H and O–H groups in total. The number of methoxy groups -OCH3 is 1. The van der Waals surface area contributed by atoms with E-state index in [1.165, 1.54) is 7.11 Å². The maximum absolute atomic E-state index is 8.93. The van der Waals surface area contributed by atoms with Gasteiger partial charge in [0.05, 0.1) is 12.7 Å². The van der Waals surface area contributed by atoms with Gasteiger partial charge in [-0.1, -0.05) is 26.3 Å². The zero-order chi connectivity index (χ0) is 13.3. The van der Waals surface area contributed by atoms with Crippen LogP contribution in [0, 0.1) is 11.3 Å². The van der Waals surface area contributed by atoms with Gasteiger partial charge in [-0.25, -0.2) is 0 Å². The molecule has 0 aromatic rings. The fourth-order valence-corrected chi connectivity index (χ4v) is 1.62. The van der Waals surface area contributed by atoms with Crippen molar-refractivity contribution in [2.24, 2.45) is 5.73 Å². The molecule has 0 aromatic heterocycles. The molecular formula is C13H19BrN2O. The van der Waals surface area contributed by atoms with Crippen LogP contribution in [-0.4, -0.2) is 7.11 Å². The van der Waals surface area contributed by atoms with E-state index in [0.29, 0.717) is 11.3 Å². The summed E-state index contributed by atoms with van der Waals surface area (Å²) in [5.41, 5.74) is 7.03. The zero-order valence-electron chi connectivity index (χ0n) is 10.4. The Hall–Kier alpha value is -1.21. The fraction of sp³-hybridized carbons (Fsp3) is 0.462. The minimum Gasteiger partial charge on any atom is -0.496 e. The van der Waals surface area contributed by atoms with E-state index in [4.69, 9.17) is 15.7 Å². The number of rotatable bonds is 7. The molecule has 0 unspecified atom stereocenters. The molecule has 0 aromatic carbocycles. The summed E-state index contributed by atoms with van der Waals surface area (Å²) in [5, 5.41) is 8.93. The molecule has 0 saturated carbocycles. The predicted molar refractivity (Wildman–Crippen MR) is 74.1 cm³/mol. The fourth-order valence-electron chi connectivity index (χ4n) is 1.19. The van der Waals surface area contributed by atoms with Gasteiger partial charge >= 0.3 is 0 Å². The Bertz CT molecular complexity index is 364. The summed E-state index contributed by atoms with van der Waals surface area (Å²) in [6.07, 6.45) is 5.83. The smallest absolute Gasteiger partial charge is 0.129 e. The van der Waals surface area contributed by atoms with Crippen LogP contribution in [0.1, 0.15) is 32.6 Å². The highest BCUT2D eigenvalue weighted by Crippen LogP contribution is 2.19. The quantitative estimate of drug-likeness (QED) is 0.337. The second-order valence-electron chi connectivity index (χ2n) is 3.63. The van der Waals surface area contributed by atoms with E-state index in [-0.39, 0.29) is 0 Å². The highest BCUT2D eigenvalue weighted by atomic mass is 79.9. The Morgan fingerprint density at radius 1 is 1.53 bits per heavy atom. The van der Waals surface area contributed by atoms with Crippen LogP contribution in [-0.2, 0) is 4.74 Å². The van der Waals surface area contributed by atoms with Gasteiger partial charge in [-0.3, -0.25) is 0 Å². The van der Waals surface area contributed by atoms with Gasteiger partial charge in [0.15, 0.2) is 0 Å². The second kappa shape index (κ2) is 8.89. The Morgan fingerprint density at radius 2 is 2.18 bits per heavy atom. The third-order valence-corrected chi connectivity index (χ3v) is 3.03. The molecular weight excluding hydrogens is 280 g/mol. The van der Waals surface area contributed by atoms with E-state index in [2.05, 4.69) is 29.4 Å². The lowest BCUT2D eigenvalue weighted by molar-refractivity contribution is 0.305. The van der Waals surface area contributed by atoms with Crippen molar-refractivity contribution in [3.05, 3.63) is 34.2 Å². The molecule has 0 saturated heterocycles. The molecule has 0 amide bonds. The van der Waals surface area contributed by atoms with Gasteiger partial charge in [-0.2, -0.15) is 5.26 Å². The first-order valence-electron chi connectivity index (χ1n) is 5.56. The van der Waals surface area contributed by atoms with E-state index in [9.17, 15) is 0 Å². The van der Waals surface area contributed by atoms with Crippen LogP contribution in [0.4, 0.5) is 0 Å². The van der Waals surface area contributed by atoms with Gasteiger partial charge in [0.2, 0.25) is 0 Å². The van der Waals surface area contributed by atoms with E-state index >= 15 is 0 Å². The normalized spacial score (nSPS) is 12.7. The van der Waals surface area contributed by atoms with Crippen molar-refractivity contribution >= 4 is 15.9 Å². The van der Waals surface area contributed by atoms with E-state index in [1.807, 2.05) is 6.07 Å². The number of unbranched alkanes of at least 4 members (excludes halogenated alkanes) is 2. The molecule has 0 heterocycles. The van der Waals surface area contributed by atoms with E-state index in [0.717, 1.165) is 35.9 Å². The number of hydrogen-bond acceptors (Lipinski definition) is 3. The molecule has 17 heavy (non-hydrogen) atoms. The van der Waals surface area contributed by atoms with Gasteiger partial charge in [0.1, 0.15) is 11.8 Å². The van der Waals surface area contributed by atoms with Gasteiger partial charge in [-0.05, 0) is 34.8 Å². The summed E-state index contributed by atoms with van der Waals surface area (Å²) in [6, 6.07) is 2.02. The second-order valence-corrected chi connectivity index (χ2v) is 4.48. The molecule has 0 spiro atoms. The van der Waals surface area contributed by atoms with Gasteiger partial charge in [-0.15, -0.1) is 0 Å². The summed E-state index contributed by atoms with van der Waals surface area (Å²) in [7, 11) is 1.48. The Labute approximate surface area is 112 Å². The first-order valence-corrected chi connectivity index (χ1v) is 6.35. The topological polar surface area (TPSA) is 59.0 Å². The minimum absolute atomic E-state index is 0.339. The minimum atomic E-state index is 0.339. The Balaban J connectivity index is 4.72. The lowest BCUT2D eigenvalue weighted by atomic mass is 10.1. The number of nitriles is 1. The van der Waals surface area contributed by atoms with Crippen molar-refractivity contribution in [2.45, 2.75) is 32.6 Å². The van der Waals surface area contributed by atoms with E-state index in [1.54, 1.807) is 6.08 Å². The monoisotopic (exact) mass is 298 g/mol. The zero-order valence-corrected chi connectivity index (χ0v) is 12.0. The Morgan fingerprint density at radius 3 is 2.65 bits per heavy atom. The van der Waals surface area contributed by atoms with Crippen LogP contribution in [0.15, 0.2) is 34.2 Å². The molecule has 3 nitrogen and oxygen atoms in total. The molecule has 0 fully saturated rings. The molecule has 0 aliphatic carbocycles. The summed E-state index contributed by atoms with van der Waals surface area (Å²) >= 11 is 3.36. The number of allylic oxidation sites excluding steroid dienone is 4. The van der Waals surface area contributed by atoms with Gasteiger partial charge < -0.3 is 10.5 Å². The lowest BCUT2D eigenvalue weighted by Crippen LogP contribution is -1.99. The average molecular weight is 299 g/mol. The number of ether oxygens (including phenoxy) is 1. The molecule has 0 rings (SSSR count). The summed E-state index contributed by atoms with van der Waals surface area (Å²) in [5.74, 6) is 0.339. The number of halogens is 1. The first kappa shape index (κ1) is 15.8. The SMILES string of the molecule is C=C(OC)/C(C#N)=C\C(Br)=C(/N)CCCCC. The molecule has 4 heteroatoms. The van der Waals surface area contributed by atoms with Crippen molar-refractivity contribution in [1.29, 1.82) is 5.26 Å². The summed E-state index contributed by atoms with van der Waals surface area (Å²) in [4.78, 5) is 0. The standard InChI is InChI=1S/C13H19BrN2O/c1-4-5-6-7-13(16)12(14)8-11(9-15)10(2)17-3/h8H,2,4-7,16H2,1,3H3/b11-8-,13-12+. The maximum atomic E-state index is 8.93. The van der Waals surface area contributed by atoms with Gasteiger partial charge in [0.25, 0.3) is 0 Å². The number of nitrogens with two attached hydrogens (primary N) is 1. The first-order chi connectivity index (χ1) is 8.06. The molecule has 0 aliphatic heterocycles. The molecule has 0 radical (unpaired) electrons. The van der Waals surface area contributed by atoms with Crippen molar-refractivity contribution in [2.75, 3.05) is 7.11 Å². The van der Waals surface area contributed by atoms with Crippen LogP contribution in [0.5, 0.6) is 0 Å². The van der Waals surface area contributed by atoms with Gasteiger partial charge in [0, 0.05) is 10.2 Å². The highest BCUT2D eigenvalue weighted by molar-refractivity contribution is 9.11. The average Bonchev–Trinajstić information content (AvgIpc) is 2.34. The van der Waals surface area contributed by atoms with Crippen molar-refractivity contribution in [3.8, 4) is 6.07 Å².